The lowest BCUT2D eigenvalue weighted by atomic mass is 10.2. The van der Waals surface area contributed by atoms with Gasteiger partial charge >= 0.3 is 0 Å². The first kappa shape index (κ1) is 8.77. The largest absolute Gasteiger partial charge is 0.370 e. The lowest BCUT2D eigenvalue weighted by Gasteiger charge is -2.01. The van der Waals surface area contributed by atoms with Gasteiger partial charge in [0, 0.05) is 0 Å². The van der Waals surface area contributed by atoms with E-state index >= 15 is 0 Å². The van der Waals surface area contributed by atoms with Crippen LogP contribution < -0.4 is 11.5 Å². The number of hydrogen-bond acceptors (Lipinski definition) is 3. The molecular formula is C5H9N3O2. The summed E-state index contributed by atoms with van der Waals surface area (Å²) < 4.78 is 0. The Balaban J connectivity index is 3.84. The van der Waals surface area contributed by atoms with Crippen LogP contribution in [0.3, 0.4) is 0 Å². The maximum absolute atomic E-state index is 10.5. The molecule has 5 nitrogen and oxygen atoms in total. The molecule has 0 aliphatic heterocycles. The van der Waals surface area contributed by atoms with E-state index in [1.165, 1.54) is 0 Å². The minimum Gasteiger partial charge on any atom is -0.370 e. The number of primary amides is 1. The molecule has 4 N–H and O–H groups in total. The van der Waals surface area contributed by atoms with Gasteiger partial charge in [-0.05, 0) is 6.72 Å². The predicted octanol–water partition coefficient (Wildman–Crippen LogP) is -1.58. The SMILES string of the molecule is C=NC(=O)[C@@H](N)CC(N)=O. The molecule has 1 atom stereocenters. The number of carbonyl (C=O) groups excluding carboxylic acids is 2. The average molecular weight is 143 g/mol. The molecule has 10 heavy (non-hydrogen) atoms. The molecule has 0 saturated heterocycles. The molecule has 0 radical (unpaired) electrons. The summed E-state index contributed by atoms with van der Waals surface area (Å²) in [5.41, 5.74) is 9.90. The van der Waals surface area contributed by atoms with Gasteiger partial charge in [-0.2, -0.15) is 0 Å². The Morgan fingerprint density at radius 3 is 2.40 bits per heavy atom. The van der Waals surface area contributed by atoms with Crippen LogP contribution in [0.2, 0.25) is 0 Å². The fraction of sp³-hybridized carbons (Fsp3) is 0.400. The van der Waals surface area contributed by atoms with E-state index in [1.807, 2.05) is 0 Å². The summed E-state index contributed by atoms with van der Waals surface area (Å²) in [5, 5.41) is 0. The van der Waals surface area contributed by atoms with E-state index in [1.54, 1.807) is 0 Å². The number of nitrogens with two attached hydrogens (primary N) is 2. The Kier molecular flexibility index (Phi) is 3.27. The van der Waals surface area contributed by atoms with Crippen molar-refractivity contribution in [2.75, 3.05) is 0 Å². The summed E-state index contributed by atoms with van der Waals surface area (Å²) in [7, 11) is 0. The van der Waals surface area contributed by atoms with Gasteiger partial charge in [0.25, 0.3) is 5.91 Å². The molecule has 5 heteroatoms. The molecule has 0 bridgehead atoms. The van der Waals surface area contributed by atoms with Crippen LogP contribution >= 0.6 is 0 Å². The van der Waals surface area contributed by atoms with Gasteiger partial charge in [0.2, 0.25) is 5.91 Å². The van der Waals surface area contributed by atoms with Crippen molar-refractivity contribution in [3.05, 3.63) is 0 Å². The molecule has 0 aromatic carbocycles. The summed E-state index contributed by atoms with van der Waals surface area (Å²) in [6.07, 6.45) is -0.183. The van der Waals surface area contributed by atoms with Crippen LogP contribution in [0.25, 0.3) is 0 Å². The quantitative estimate of drug-likeness (QED) is 0.466. The third kappa shape index (κ3) is 2.93. The van der Waals surface area contributed by atoms with E-state index in [0.29, 0.717) is 0 Å². The zero-order chi connectivity index (χ0) is 8.15. The van der Waals surface area contributed by atoms with Crippen LogP contribution in [0.15, 0.2) is 4.99 Å². The van der Waals surface area contributed by atoms with Crippen molar-refractivity contribution >= 4 is 18.5 Å². The molecule has 0 heterocycles. The fourth-order valence-corrected chi connectivity index (χ4v) is 0.421. The van der Waals surface area contributed by atoms with Crippen molar-refractivity contribution in [2.24, 2.45) is 16.5 Å². The zero-order valence-electron chi connectivity index (χ0n) is 5.41. The normalized spacial score (nSPS) is 12.1. The molecule has 0 aliphatic rings. The van der Waals surface area contributed by atoms with Crippen molar-refractivity contribution < 1.29 is 9.59 Å². The summed E-state index contributed by atoms with van der Waals surface area (Å²) >= 11 is 0. The second kappa shape index (κ2) is 3.73. The number of carbonyl (C=O) groups is 2. The highest BCUT2D eigenvalue weighted by atomic mass is 16.2. The fourth-order valence-electron chi connectivity index (χ4n) is 0.421. The Morgan fingerprint density at radius 2 is 2.10 bits per heavy atom. The Morgan fingerprint density at radius 1 is 1.60 bits per heavy atom. The lowest BCUT2D eigenvalue weighted by molar-refractivity contribution is -0.124. The van der Waals surface area contributed by atoms with Crippen LogP contribution in [-0.4, -0.2) is 24.6 Å². The number of nitrogens with zero attached hydrogens (tertiary/aromatic N) is 1. The van der Waals surface area contributed by atoms with Crippen molar-refractivity contribution in [3.8, 4) is 0 Å². The molecule has 56 valence electrons. The van der Waals surface area contributed by atoms with Gasteiger partial charge < -0.3 is 11.5 Å². The minimum atomic E-state index is -0.935. The molecule has 0 unspecified atom stereocenters. The molecular weight excluding hydrogens is 134 g/mol. The van der Waals surface area contributed by atoms with Crippen LogP contribution in [0.5, 0.6) is 0 Å². The van der Waals surface area contributed by atoms with Gasteiger partial charge in [0.15, 0.2) is 0 Å². The average Bonchev–Trinajstić information content (AvgIpc) is 1.85. The Hall–Kier alpha value is -1.23. The summed E-state index contributed by atoms with van der Waals surface area (Å²) in [6.45, 7) is 2.96. The highest BCUT2D eigenvalue weighted by molar-refractivity contribution is 5.89. The molecule has 0 rings (SSSR count). The smallest absolute Gasteiger partial charge is 0.262 e. The first-order chi connectivity index (χ1) is 4.57. The number of rotatable bonds is 3. The van der Waals surface area contributed by atoms with Gasteiger partial charge in [-0.1, -0.05) is 0 Å². The van der Waals surface area contributed by atoms with Gasteiger partial charge in [-0.15, -0.1) is 0 Å². The second-order valence-electron chi connectivity index (χ2n) is 1.77. The highest BCUT2D eigenvalue weighted by Crippen LogP contribution is 1.88. The summed E-state index contributed by atoms with van der Waals surface area (Å²) in [6, 6.07) is -0.935. The Bertz CT molecular complexity index is 166. The first-order valence-electron chi connectivity index (χ1n) is 2.62. The molecule has 0 aromatic rings. The van der Waals surface area contributed by atoms with Crippen molar-refractivity contribution in [1.29, 1.82) is 0 Å². The third-order valence-electron chi connectivity index (χ3n) is 0.894. The summed E-state index contributed by atoms with van der Waals surface area (Å²) in [5.74, 6) is -1.23. The molecule has 2 amide bonds. The van der Waals surface area contributed by atoms with Crippen LogP contribution in [-0.2, 0) is 9.59 Å². The second-order valence-corrected chi connectivity index (χ2v) is 1.77. The zero-order valence-corrected chi connectivity index (χ0v) is 5.41. The minimum absolute atomic E-state index is 0.183. The van der Waals surface area contributed by atoms with Crippen LogP contribution in [0.1, 0.15) is 6.42 Å². The van der Waals surface area contributed by atoms with Crippen molar-refractivity contribution in [3.63, 3.8) is 0 Å². The van der Waals surface area contributed by atoms with Gasteiger partial charge in [-0.25, -0.2) is 4.99 Å². The third-order valence-corrected chi connectivity index (χ3v) is 0.894. The standard InChI is InChI=1S/C5H9N3O2/c1-8-5(10)3(6)2-4(7)9/h3H,1-2,6H2,(H2,7,9)/t3-/m0/s1. The van der Waals surface area contributed by atoms with Crippen molar-refractivity contribution in [1.82, 2.24) is 0 Å². The van der Waals surface area contributed by atoms with E-state index in [-0.39, 0.29) is 6.42 Å². The van der Waals surface area contributed by atoms with E-state index in [9.17, 15) is 9.59 Å². The highest BCUT2D eigenvalue weighted by Gasteiger charge is 2.13. The molecule has 0 aliphatic carbocycles. The number of hydrogen-bond donors (Lipinski definition) is 2. The van der Waals surface area contributed by atoms with Crippen molar-refractivity contribution in [2.45, 2.75) is 12.5 Å². The van der Waals surface area contributed by atoms with E-state index in [2.05, 4.69) is 11.7 Å². The lowest BCUT2D eigenvalue weighted by Crippen LogP contribution is -2.33. The van der Waals surface area contributed by atoms with Gasteiger partial charge in [-0.3, -0.25) is 9.59 Å². The first-order valence-corrected chi connectivity index (χ1v) is 2.62. The number of aliphatic imine (C=N–C) groups is 1. The number of amides is 2. The molecule has 0 spiro atoms. The topological polar surface area (TPSA) is 98.5 Å². The monoisotopic (exact) mass is 143 g/mol. The summed E-state index contributed by atoms with van der Waals surface area (Å²) in [4.78, 5) is 23.7. The van der Waals surface area contributed by atoms with Gasteiger partial charge in [0.05, 0.1) is 12.5 Å². The van der Waals surface area contributed by atoms with E-state index in [4.69, 9.17) is 11.5 Å². The molecule has 0 saturated carbocycles. The van der Waals surface area contributed by atoms with Gasteiger partial charge in [0.1, 0.15) is 0 Å². The molecule has 0 fully saturated rings. The van der Waals surface area contributed by atoms with Crippen LogP contribution in [0, 0.1) is 0 Å². The molecule has 0 aromatic heterocycles. The maximum atomic E-state index is 10.5. The van der Waals surface area contributed by atoms with Crippen LogP contribution in [0.4, 0.5) is 0 Å². The van der Waals surface area contributed by atoms with E-state index < -0.39 is 17.9 Å². The maximum Gasteiger partial charge on any atom is 0.262 e. The van der Waals surface area contributed by atoms with E-state index in [0.717, 1.165) is 0 Å². The predicted molar refractivity (Wildman–Crippen MR) is 36.3 cm³/mol. The Labute approximate surface area is 58.1 Å².